The number of hydrogen-bond acceptors (Lipinski definition) is 4. The number of esters is 1. The minimum atomic E-state index is -2.83. The lowest BCUT2D eigenvalue weighted by Crippen LogP contribution is -2.19. The van der Waals surface area contributed by atoms with Gasteiger partial charge in [0.15, 0.2) is 11.9 Å². The highest BCUT2D eigenvalue weighted by atomic mass is 19.3. The van der Waals surface area contributed by atoms with E-state index >= 15 is 0 Å². The maximum absolute atomic E-state index is 13.4. The van der Waals surface area contributed by atoms with E-state index in [9.17, 15) is 18.4 Å². The van der Waals surface area contributed by atoms with E-state index in [1.807, 2.05) is 0 Å². The molecule has 0 aliphatic rings. The van der Waals surface area contributed by atoms with Crippen LogP contribution in [0.1, 0.15) is 35.8 Å². The highest BCUT2D eigenvalue weighted by Crippen LogP contribution is 2.28. The van der Waals surface area contributed by atoms with Gasteiger partial charge in [0.05, 0.1) is 16.6 Å². The summed E-state index contributed by atoms with van der Waals surface area (Å²) in [5.41, 5.74) is 0.315. The molecule has 130 valence electrons. The zero-order chi connectivity index (χ0) is 18.1. The van der Waals surface area contributed by atoms with Gasteiger partial charge >= 0.3 is 12.5 Å². The Morgan fingerprint density at radius 1 is 1.24 bits per heavy atom. The Morgan fingerprint density at radius 2 is 1.96 bits per heavy atom. The first kappa shape index (κ1) is 16.8. The summed E-state index contributed by atoms with van der Waals surface area (Å²) >= 11 is 0. The number of para-hydroxylation sites is 2. The monoisotopic (exact) mass is 347 g/mol. The van der Waals surface area contributed by atoms with Gasteiger partial charge in [-0.1, -0.05) is 12.1 Å². The minimum absolute atomic E-state index is 0.0506. The van der Waals surface area contributed by atoms with Gasteiger partial charge in [0.25, 0.3) is 5.56 Å². The molecule has 2 aromatic heterocycles. The van der Waals surface area contributed by atoms with E-state index in [0.717, 1.165) is 10.6 Å². The summed E-state index contributed by atoms with van der Waals surface area (Å²) in [6.45, 7) is -1.37. The largest absolute Gasteiger partial charge is 0.451 e. The molecule has 0 N–H and O–H groups in total. The van der Waals surface area contributed by atoms with E-state index in [2.05, 4.69) is 4.98 Å². The molecule has 25 heavy (non-hydrogen) atoms. The van der Waals surface area contributed by atoms with Crippen molar-refractivity contribution in [2.24, 2.45) is 7.05 Å². The van der Waals surface area contributed by atoms with Crippen LogP contribution in [0.15, 0.2) is 47.4 Å². The molecule has 0 aliphatic heterocycles. The number of pyridine rings is 1. The lowest BCUT2D eigenvalue weighted by Gasteiger charge is -2.15. The smallest absolute Gasteiger partial charge is 0.339 e. The van der Waals surface area contributed by atoms with Crippen LogP contribution < -0.4 is 5.56 Å². The molecular weight excluding hydrogens is 332 g/mol. The van der Waals surface area contributed by atoms with Crippen molar-refractivity contribution in [2.45, 2.75) is 19.6 Å². The Morgan fingerprint density at radius 3 is 2.64 bits per heavy atom. The number of carbonyl (C=O) groups is 1. The molecular formula is C17H15F2N3O3. The second-order valence-corrected chi connectivity index (χ2v) is 5.52. The van der Waals surface area contributed by atoms with Crippen LogP contribution in [0.25, 0.3) is 11.0 Å². The first-order valence-electron chi connectivity index (χ1n) is 7.51. The molecule has 1 atom stereocenters. The van der Waals surface area contributed by atoms with E-state index in [1.165, 1.54) is 29.8 Å². The third-order valence-corrected chi connectivity index (χ3v) is 3.81. The van der Waals surface area contributed by atoms with Crippen molar-refractivity contribution in [3.63, 3.8) is 0 Å². The highest BCUT2D eigenvalue weighted by molar-refractivity contribution is 5.89. The lowest BCUT2D eigenvalue weighted by molar-refractivity contribution is 0.0233. The fourth-order valence-electron chi connectivity index (χ4n) is 2.51. The van der Waals surface area contributed by atoms with Crippen molar-refractivity contribution >= 4 is 17.0 Å². The summed E-state index contributed by atoms with van der Waals surface area (Å²) in [6, 6.07) is 8.99. The molecule has 0 radical (unpaired) electrons. The molecule has 0 amide bonds. The van der Waals surface area contributed by atoms with Crippen LogP contribution in [0, 0.1) is 0 Å². The molecule has 2 heterocycles. The summed E-state index contributed by atoms with van der Waals surface area (Å²) in [7, 11) is 1.55. The fraction of sp³-hybridized carbons (Fsp3) is 0.235. The van der Waals surface area contributed by atoms with Gasteiger partial charge in [-0.05, 0) is 25.1 Å². The second-order valence-electron chi connectivity index (χ2n) is 5.52. The summed E-state index contributed by atoms with van der Waals surface area (Å²) in [6.07, 6.45) is 0.413. The van der Waals surface area contributed by atoms with Crippen LogP contribution in [-0.2, 0) is 11.8 Å². The third kappa shape index (κ3) is 3.15. The van der Waals surface area contributed by atoms with E-state index < -0.39 is 18.6 Å². The lowest BCUT2D eigenvalue weighted by atomic mass is 10.2. The van der Waals surface area contributed by atoms with Crippen molar-refractivity contribution in [1.29, 1.82) is 0 Å². The number of rotatable bonds is 4. The predicted molar refractivity (Wildman–Crippen MR) is 86.5 cm³/mol. The van der Waals surface area contributed by atoms with Gasteiger partial charge < -0.3 is 9.30 Å². The minimum Gasteiger partial charge on any atom is -0.451 e. The van der Waals surface area contributed by atoms with Gasteiger partial charge in [-0.25, -0.2) is 9.78 Å². The van der Waals surface area contributed by atoms with Gasteiger partial charge in [0.2, 0.25) is 0 Å². The number of benzene rings is 1. The molecule has 0 bridgehead atoms. The average Bonchev–Trinajstić information content (AvgIpc) is 2.97. The van der Waals surface area contributed by atoms with Crippen LogP contribution in [0.3, 0.4) is 0 Å². The highest BCUT2D eigenvalue weighted by Gasteiger charge is 2.24. The van der Waals surface area contributed by atoms with E-state index in [1.54, 1.807) is 25.2 Å². The van der Waals surface area contributed by atoms with Crippen molar-refractivity contribution in [3.05, 3.63) is 64.3 Å². The first-order chi connectivity index (χ1) is 11.9. The number of aryl methyl sites for hydroxylation is 1. The molecule has 1 unspecified atom stereocenters. The number of fused-ring (bicyclic) bond motifs is 1. The zero-order valence-electron chi connectivity index (χ0n) is 13.5. The van der Waals surface area contributed by atoms with Gasteiger partial charge in [-0.3, -0.25) is 9.36 Å². The normalized spacial score (nSPS) is 12.5. The molecule has 0 saturated heterocycles. The molecule has 0 aliphatic carbocycles. The number of ether oxygens (including phenoxy) is 1. The van der Waals surface area contributed by atoms with Crippen molar-refractivity contribution < 1.29 is 18.3 Å². The van der Waals surface area contributed by atoms with Crippen LogP contribution in [0.5, 0.6) is 0 Å². The molecule has 0 saturated carbocycles. The Labute approximate surface area is 141 Å². The van der Waals surface area contributed by atoms with Crippen molar-refractivity contribution in [3.8, 4) is 0 Å². The predicted octanol–water partition coefficient (Wildman–Crippen LogP) is 3.05. The molecule has 8 heteroatoms. The van der Waals surface area contributed by atoms with Crippen LogP contribution in [0.4, 0.5) is 8.78 Å². The average molecular weight is 347 g/mol. The molecule has 3 aromatic rings. The second kappa shape index (κ2) is 6.46. The molecule has 0 fully saturated rings. The Hall–Kier alpha value is -3.03. The molecule has 6 nitrogen and oxygen atoms in total. The summed E-state index contributed by atoms with van der Waals surface area (Å²) in [4.78, 5) is 27.9. The van der Waals surface area contributed by atoms with Crippen molar-refractivity contribution in [1.82, 2.24) is 14.1 Å². The zero-order valence-corrected chi connectivity index (χ0v) is 13.5. The number of carbonyl (C=O) groups excluding carboxylic acids is 1. The number of hydrogen-bond donors (Lipinski definition) is 0. The maximum atomic E-state index is 13.4. The van der Waals surface area contributed by atoms with Gasteiger partial charge in [0, 0.05) is 19.3 Å². The Bertz CT molecular complexity index is 994. The number of imidazole rings is 1. The molecule has 3 rings (SSSR count). The number of alkyl halides is 2. The van der Waals surface area contributed by atoms with Crippen LogP contribution >= 0.6 is 0 Å². The van der Waals surface area contributed by atoms with Crippen LogP contribution in [-0.4, -0.2) is 20.1 Å². The Balaban J connectivity index is 1.93. The third-order valence-electron chi connectivity index (χ3n) is 3.81. The molecule has 0 spiro atoms. The number of aromatic nitrogens is 3. The Kier molecular flexibility index (Phi) is 4.35. The van der Waals surface area contributed by atoms with Gasteiger partial charge in [-0.15, -0.1) is 0 Å². The quantitative estimate of drug-likeness (QED) is 0.681. The van der Waals surface area contributed by atoms with E-state index in [-0.39, 0.29) is 22.5 Å². The maximum Gasteiger partial charge on any atom is 0.339 e. The van der Waals surface area contributed by atoms with E-state index in [0.29, 0.717) is 5.52 Å². The topological polar surface area (TPSA) is 66.1 Å². The number of nitrogens with zero attached hydrogens (tertiary/aromatic N) is 3. The van der Waals surface area contributed by atoms with Gasteiger partial charge in [0.1, 0.15) is 0 Å². The summed E-state index contributed by atoms with van der Waals surface area (Å²) < 4.78 is 34.2. The first-order valence-corrected chi connectivity index (χ1v) is 7.51. The van der Waals surface area contributed by atoms with Crippen LogP contribution in [0.2, 0.25) is 0 Å². The summed E-state index contributed by atoms with van der Waals surface area (Å²) in [5.74, 6) is -0.841. The SMILES string of the molecule is CC(OC(=O)c1ccn(C)c(=O)c1)c1nc2ccccc2n1C(F)F. The summed E-state index contributed by atoms with van der Waals surface area (Å²) in [5, 5.41) is 0. The molecule has 1 aromatic carbocycles. The van der Waals surface area contributed by atoms with Crippen molar-refractivity contribution in [2.75, 3.05) is 0 Å². The number of halogens is 2. The fourth-order valence-corrected chi connectivity index (χ4v) is 2.51. The standard InChI is InChI=1S/C17H15F2N3O3/c1-10(25-16(24)11-7-8-21(2)14(23)9-11)15-20-12-5-3-4-6-13(12)22(15)17(18)19/h3-10,17H,1-2H3. The van der Waals surface area contributed by atoms with E-state index in [4.69, 9.17) is 4.74 Å². The van der Waals surface area contributed by atoms with Gasteiger partial charge in [-0.2, -0.15) is 8.78 Å².